The second kappa shape index (κ2) is 13.6. The number of hydrogen-bond acceptors (Lipinski definition) is 2. The van der Waals surface area contributed by atoms with Crippen LogP contribution < -0.4 is 4.52 Å². The van der Waals surface area contributed by atoms with E-state index in [0.29, 0.717) is 5.75 Å². The third-order valence-electron chi connectivity index (χ3n) is 3.18. The smallest absolute Gasteiger partial charge is 0.225 e. The summed E-state index contributed by atoms with van der Waals surface area (Å²) in [5.74, 6) is 0.711. The van der Waals surface area contributed by atoms with Gasteiger partial charge in [0.2, 0.25) is 8.69 Å². The zero-order valence-corrected chi connectivity index (χ0v) is 16.2. The molecule has 0 aliphatic heterocycles. The van der Waals surface area contributed by atoms with E-state index in [4.69, 9.17) is 4.52 Å². The van der Waals surface area contributed by atoms with E-state index in [1.165, 1.54) is 50.5 Å². The molecule has 1 atom stereocenters. The van der Waals surface area contributed by atoms with Crippen LogP contribution in [-0.4, -0.2) is 0 Å². The Hall–Kier alpha value is 0.601. The van der Waals surface area contributed by atoms with Crippen molar-refractivity contribution in [2.45, 2.75) is 58.3 Å². The molecule has 0 heterocycles. The van der Waals surface area contributed by atoms with Gasteiger partial charge >= 0.3 is 0 Å². The molecular formula is C15H25NdO2P. The summed E-state index contributed by atoms with van der Waals surface area (Å²) in [5, 5.41) is 0. The molecule has 1 rings (SSSR count). The van der Waals surface area contributed by atoms with E-state index in [0.717, 1.165) is 6.42 Å². The van der Waals surface area contributed by atoms with Crippen LogP contribution in [-0.2, 0) is 11.0 Å². The number of aryl methyl sites for hydroxylation is 1. The fourth-order valence-corrected chi connectivity index (χ4v) is 2.34. The fourth-order valence-electron chi connectivity index (χ4n) is 2.08. The molecule has 4 heteroatoms. The molecule has 0 aromatic heterocycles. The Balaban J connectivity index is 0.00000324. The van der Waals surface area contributed by atoms with Gasteiger partial charge in [0.1, 0.15) is 5.75 Å². The monoisotopic (exact) mass is 410 g/mol. The normalized spacial score (nSPS) is 10.6. The van der Waals surface area contributed by atoms with Crippen molar-refractivity contribution in [2.75, 3.05) is 0 Å². The molecule has 1 aromatic carbocycles. The first-order chi connectivity index (χ1) is 8.86. The van der Waals surface area contributed by atoms with Gasteiger partial charge in [0.05, 0.1) is 0 Å². The van der Waals surface area contributed by atoms with Gasteiger partial charge in [-0.1, -0.05) is 57.6 Å². The topological polar surface area (TPSA) is 26.3 Å². The van der Waals surface area contributed by atoms with Gasteiger partial charge < -0.3 is 4.52 Å². The molecule has 0 radical (unpaired) electrons. The van der Waals surface area contributed by atoms with E-state index in [1.54, 1.807) is 0 Å². The second-order valence-electron chi connectivity index (χ2n) is 4.73. The van der Waals surface area contributed by atoms with Gasteiger partial charge in [-0.2, -0.15) is 0 Å². The van der Waals surface area contributed by atoms with E-state index in [2.05, 4.69) is 19.1 Å². The Bertz CT molecular complexity index is 327. The summed E-state index contributed by atoms with van der Waals surface area (Å²) >= 11 is 0. The van der Waals surface area contributed by atoms with E-state index in [-0.39, 0.29) is 40.8 Å². The largest absolute Gasteiger partial charge is 0.447 e. The van der Waals surface area contributed by atoms with E-state index >= 15 is 0 Å². The van der Waals surface area contributed by atoms with Gasteiger partial charge in [-0.3, -0.25) is 4.57 Å². The average molecular weight is 413 g/mol. The van der Waals surface area contributed by atoms with Crippen molar-refractivity contribution in [3.05, 3.63) is 29.8 Å². The average Bonchev–Trinajstić information content (AvgIpc) is 2.40. The van der Waals surface area contributed by atoms with Crippen molar-refractivity contribution < 1.29 is 49.9 Å². The summed E-state index contributed by atoms with van der Waals surface area (Å²) in [6.45, 7) is 2.25. The van der Waals surface area contributed by atoms with Crippen molar-refractivity contribution in [1.82, 2.24) is 0 Å². The Kier molecular flexibility index (Phi) is 14.0. The molecule has 0 aliphatic carbocycles. The minimum atomic E-state index is -1.15. The van der Waals surface area contributed by atoms with Gasteiger partial charge in [-0.25, -0.2) is 0 Å². The zero-order chi connectivity index (χ0) is 13.1. The van der Waals surface area contributed by atoms with Crippen molar-refractivity contribution in [1.29, 1.82) is 0 Å². The van der Waals surface area contributed by atoms with Crippen LogP contribution >= 0.6 is 8.69 Å². The first-order valence-electron chi connectivity index (χ1n) is 7.06. The zero-order valence-electron chi connectivity index (χ0n) is 11.9. The van der Waals surface area contributed by atoms with Gasteiger partial charge in [0.25, 0.3) is 0 Å². The van der Waals surface area contributed by atoms with Gasteiger partial charge in [0, 0.05) is 40.8 Å². The molecule has 2 nitrogen and oxygen atoms in total. The van der Waals surface area contributed by atoms with Crippen molar-refractivity contribution in [3.63, 3.8) is 0 Å². The van der Waals surface area contributed by atoms with Gasteiger partial charge in [0.15, 0.2) is 0 Å². The molecule has 0 saturated heterocycles. The number of benzene rings is 1. The van der Waals surface area contributed by atoms with Crippen molar-refractivity contribution in [2.24, 2.45) is 0 Å². The number of unbranched alkanes of at least 4 members (excludes halogenated alkanes) is 6. The van der Waals surface area contributed by atoms with Crippen molar-refractivity contribution in [3.8, 4) is 5.75 Å². The van der Waals surface area contributed by atoms with Crippen LogP contribution in [0, 0.1) is 40.8 Å². The fraction of sp³-hybridized carbons (Fsp3) is 0.600. The third-order valence-corrected chi connectivity index (χ3v) is 3.54. The molecule has 19 heavy (non-hydrogen) atoms. The summed E-state index contributed by atoms with van der Waals surface area (Å²) in [6.07, 6.45) is 10.6. The molecule has 0 bridgehead atoms. The van der Waals surface area contributed by atoms with Crippen LogP contribution in [0.4, 0.5) is 0 Å². The maximum Gasteiger partial charge on any atom is 0.225 e. The molecule has 0 amide bonds. The Morgan fingerprint density at radius 2 is 1.53 bits per heavy atom. The summed E-state index contributed by atoms with van der Waals surface area (Å²) < 4.78 is 15.3. The summed E-state index contributed by atoms with van der Waals surface area (Å²) in [7, 11) is -1.15. The first kappa shape index (κ1) is 19.6. The van der Waals surface area contributed by atoms with Crippen LogP contribution in [0.2, 0.25) is 0 Å². The summed E-state index contributed by atoms with van der Waals surface area (Å²) in [5.41, 5.74) is 1.34. The maximum atomic E-state index is 10.4. The van der Waals surface area contributed by atoms with E-state index in [9.17, 15) is 4.57 Å². The Morgan fingerprint density at radius 1 is 0.947 bits per heavy atom. The molecule has 0 N–H and O–H groups in total. The predicted octanol–water partition coefficient (Wildman–Crippen LogP) is 5.03. The van der Waals surface area contributed by atoms with Crippen LogP contribution in [0.15, 0.2) is 24.3 Å². The number of rotatable bonds is 10. The van der Waals surface area contributed by atoms with Crippen LogP contribution in [0.25, 0.3) is 0 Å². The molecule has 106 valence electrons. The van der Waals surface area contributed by atoms with Gasteiger partial charge in [-0.05, 0) is 30.5 Å². The summed E-state index contributed by atoms with van der Waals surface area (Å²) in [6, 6.07) is 7.95. The molecule has 0 aliphatic rings. The second-order valence-corrected chi connectivity index (χ2v) is 5.16. The van der Waals surface area contributed by atoms with Crippen LogP contribution in [0.5, 0.6) is 5.75 Å². The molecule has 1 aromatic rings. The molecule has 0 fully saturated rings. The minimum absolute atomic E-state index is 0. The van der Waals surface area contributed by atoms with Crippen LogP contribution in [0.3, 0.4) is 0 Å². The van der Waals surface area contributed by atoms with E-state index < -0.39 is 8.69 Å². The molecule has 1 unspecified atom stereocenters. The standard InChI is InChI=1S/C15H25O2P.Nd/c1-2-3-4-5-6-7-8-9-14-10-12-15(13-11-14)17-18-16;/h10-13H,2-9,18H2,1H3;. The molecular weight excluding hydrogens is 387 g/mol. The van der Waals surface area contributed by atoms with Crippen LogP contribution in [0.1, 0.15) is 57.4 Å². The quantitative estimate of drug-likeness (QED) is 0.398. The van der Waals surface area contributed by atoms with E-state index in [1.807, 2.05) is 12.1 Å². The predicted molar refractivity (Wildman–Crippen MR) is 79.2 cm³/mol. The molecule has 0 saturated carbocycles. The Morgan fingerprint density at radius 3 is 2.11 bits per heavy atom. The summed E-state index contributed by atoms with van der Waals surface area (Å²) in [4.78, 5) is 0. The molecule has 0 spiro atoms. The van der Waals surface area contributed by atoms with Gasteiger partial charge in [-0.15, -0.1) is 0 Å². The number of hydrogen-bond donors (Lipinski definition) is 0. The first-order valence-corrected chi connectivity index (χ1v) is 8.00. The SMILES string of the molecule is CCCCCCCCCc1ccc(O[PH2]=O)cc1.[Nd]. The Labute approximate surface area is 151 Å². The third kappa shape index (κ3) is 10.0. The van der Waals surface area contributed by atoms with Crippen molar-refractivity contribution >= 4 is 8.69 Å². The maximum absolute atomic E-state index is 10.4. The minimum Gasteiger partial charge on any atom is -0.447 e.